The molecule has 160 valence electrons. The van der Waals surface area contributed by atoms with Gasteiger partial charge in [0, 0.05) is 18.1 Å². The number of nitrogens with zero attached hydrogens (tertiary/aromatic N) is 3. The fourth-order valence-corrected chi connectivity index (χ4v) is 5.32. The van der Waals surface area contributed by atoms with E-state index >= 15 is 0 Å². The summed E-state index contributed by atoms with van der Waals surface area (Å²) in [5.41, 5.74) is 3.03. The largest absolute Gasteiger partial charge is 0.308 e. The third-order valence-electron chi connectivity index (χ3n) is 4.86. The summed E-state index contributed by atoms with van der Waals surface area (Å²) in [5.74, 6) is -1.13. The monoisotopic (exact) mass is 465 g/mol. The van der Waals surface area contributed by atoms with Gasteiger partial charge in [0.2, 0.25) is 5.91 Å². The topological polar surface area (TPSA) is 70.6 Å². The summed E-state index contributed by atoms with van der Waals surface area (Å²) in [6.07, 6.45) is 0. The van der Waals surface area contributed by atoms with Crippen LogP contribution in [0, 0.1) is 13.8 Å². The Labute approximate surface area is 186 Å². The van der Waals surface area contributed by atoms with Crippen LogP contribution in [-0.2, 0) is 14.6 Å². The van der Waals surface area contributed by atoms with Crippen molar-refractivity contribution in [3.63, 3.8) is 0 Å². The third kappa shape index (κ3) is 5.00. The van der Waals surface area contributed by atoms with Crippen LogP contribution < -0.4 is 4.90 Å². The van der Waals surface area contributed by atoms with Crippen LogP contribution in [0.25, 0.3) is 10.2 Å². The summed E-state index contributed by atoms with van der Waals surface area (Å²) < 4.78 is 26.5. The molecule has 0 atom stereocenters. The van der Waals surface area contributed by atoms with E-state index in [4.69, 9.17) is 11.6 Å². The van der Waals surface area contributed by atoms with Gasteiger partial charge in [-0.3, -0.25) is 9.69 Å². The minimum Gasteiger partial charge on any atom is -0.308 e. The van der Waals surface area contributed by atoms with Crippen molar-refractivity contribution in [1.29, 1.82) is 0 Å². The zero-order valence-electron chi connectivity index (χ0n) is 17.3. The van der Waals surface area contributed by atoms with Crippen LogP contribution in [0.3, 0.4) is 0 Å². The van der Waals surface area contributed by atoms with Gasteiger partial charge in [0.25, 0.3) is 0 Å². The molecule has 0 fully saturated rings. The number of aryl methyl sites for hydroxylation is 2. The first-order valence-corrected chi connectivity index (χ1v) is 12.2. The first kappa shape index (κ1) is 22.7. The number of carbonyl (C=O) groups excluding carboxylic acids is 1. The van der Waals surface area contributed by atoms with Crippen molar-refractivity contribution in [2.75, 3.05) is 37.8 Å². The number of aromatic nitrogens is 1. The normalized spacial score (nSPS) is 11.9. The van der Waals surface area contributed by atoms with Crippen molar-refractivity contribution in [2.45, 2.75) is 18.7 Å². The van der Waals surface area contributed by atoms with Gasteiger partial charge in [-0.2, -0.15) is 0 Å². The molecular formula is C21H24ClN3O3S2. The number of benzene rings is 2. The van der Waals surface area contributed by atoms with E-state index < -0.39 is 21.5 Å². The molecule has 0 saturated heterocycles. The third-order valence-corrected chi connectivity index (χ3v) is 7.78. The lowest BCUT2D eigenvalue weighted by Crippen LogP contribution is -2.40. The second kappa shape index (κ2) is 9.01. The molecular weight excluding hydrogens is 442 g/mol. The number of amides is 1. The molecule has 0 saturated carbocycles. The maximum absolute atomic E-state index is 13.1. The number of hydrogen-bond acceptors (Lipinski definition) is 6. The summed E-state index contributed by atoms with van der Waals surface area (Å²) >= 11 is 7.25. The Kier molecular flexibility index (Phi) is 6.81. The van der Waals surface area contributed by atoms with Gasteiger partial charge >= 0.3 is 0 Å². The van der Waals surface area contributed by atoms with Crippen LogP contribution in [0.2, 0.25) is 5.02 Å². The number of hydrogen-bond donors (Lipinski definition) is 0. The number of thiazole rings is 1. The van der Waals surface area contributed by atoms with E-state index in [2.05, 4.69) is 4.98 Å². The van der Waals surface area contributed by atoms with E-state index in [1.54, 1.807) is 0 Å². The molecule has 0 N–H and O–H groups in total. The molecule has 9 heteroatoms. The number of halogens is 1. The van der Waals surface area contributed by atoms with Gasteiger partial charge in [-0.05, 0) is 69.4 Å². The van der Waals surface area contributed by atoms with E-state index in [0.29, 0.717) is 23.2 Å². The van der Waals surface area contributed by atoms with Crippen LogP contribution in [0.4, 0.5) is 5.13 Å². The minimum atomic E-state index is -3.80. The van der Waals surface area contributed by atoms with E-state index in [-0.39, 0.29) is 4.90 Å². The van der Waals surface area contributed by atoms with Gasteiger partial charge in [-0.25, -0.2) is 13.4 Å². The standard InChI is InChI=1S/C21H24ClN3O3S2/c1-14-5-10-18-20(15(14)2)23-21(29-18)25(12-11-24(3)4)19(26)13-30(27,28)17-8-6-16(22)7-9-17/h5-10H,11-13H2,1-4H3. The van der Waals surface area contributed by atoms with Gasteiger partial charge in [0.15, 0.2) is 15.0 Å². The second-order valence-electron chi connectivity index (χ2n) is 7.41. The summed E-state index contributed by atoms with van der Waals surface area (Å²) in [7, 11) is 0.00410. The van der Waals surface area contributed by atoms with E-state index in [0.717, 1.165) is 21.3 Å². The fourth-order valence-electron chi connectivity index (χ4n) is 2.92. The Morgan fingerprint density at radius 2 is 1.73 bits per heavy atom. The van der Waals surface area contributed by atoms with Gasteiger partial charge in [0.05, 0.1) is 15.1 Å². The SMILES string of the molecule is Cc1ccc2sc(N(CCN(C)C)C(=O)CS(=O)(=O)c3ccc(Cl)cc3)nc2c1C. The number of carbonyl (C=O) groups is 1. The quantitative estimate of drug-likeness (QED) is 0.528. The highest BCUT2D eigenvalue weighted by Gasteiger charge is 2.27. The lowest BCUT2D eigenvalue weighted by Gasteiger charge is -2.22. The van der Waals surface area contributed by atoms with Crippen molar-refractivity contribution in [1.82, 2.24) is 9.88 Å². The molecule has 6 nitrogen and oxygen atoms in total. The molecule has 0 radical (unpaired) electrons. The van der Waals surface area contributed by atoms with Gasteiger partial charge < -0.3 is 4.90 Å². The second-order valence-corrected chi connectivity index (χ2v) is 10.8. The summed E-state index contributed by atoms with van der Waals surface area (Å²) in [4.78, 5) is 21.3. The van der Waals surface area contributed by atoms with E-state index in [1.165, 1.54) is 40.5 Å². The Bertz CT molecular complexity index is 1170. The van der Waals surface area contributed by atoms with Crippen molar-refractivity contribution in [3.8, 4) is 0 Å². The highest BCUT2D eigenvalue weighted by Crippen LogP contribution is 2.32. The van der Waals surface area contributed by atoms with Gasteiger partial charge in [-0.15, -0.1) is 0 Å². The number of rotatable bonds is 7. The Balaban J connectivity index is 1.94. The first-order valence-electron chi connectivity index (χ1n) is 9.38. The lowest BCUT2D eigenvalue weighted by molar-refractivity contribution is -0.116. The molecule has 0 aliphatic carbocycles. The predicted molar refractivity (Wildman–Crippen MR) is 124 cm³/mol. The lowest BCUT2D eigenvalue weighted by atomic mass is 10.1. The van der Waals surface area contributed by atoms with Gasteiger partial charge in [0.1, 0.15) is 5.75 Å². The number of anilines is 1. The molecule has 30 heavy (non-hydrogen) atoms. The summed E-state index contributed by atoms with van der Waals surface area (Å²) in [6, 6.07) is 9.84. The molecule has 1 amide bonds. The molecule has 3 rings (SSSR count). The van der Waals surface area contributed by atoms with Crippen LogP contribution in [0.1, 0.15) is 11.1 Å². The average Bonchev–Trinajstić information content (AvgIpc) is 3.09. The van der Waals surface area contributed by atoms with Crippen LogP contribution >= 0.6 is 22.9 Å². The minimum absolute atomic E-state index is 0.0728. The van der Waals surface area contributed by atoms with E-state index in [1.807, 2.05) is 45.0 Å². The molecule has 0 spiro atoms. The molecule has 0 unspecified atom stereocenters. The van der Waals surface area contributed by atoms with Crippen LogP contribution in [0.5, 0.6) is 0 Å². The van der Waals surface area contributed by atoms with Crippen molar-refractivity contribution in [3.05, 3.63) is 52.5 Å². The number of fused-ring (bicyclic) bond motifs is 1. The van der Waals surface area contributed by atoms with Crippen LogP contribution in [0.15, 0.2) is 41.3 Å². The predicted octanol–water partition coefficient (Wildman–Crippen LogP) is 3.94. The van der Waals surface area contributed by atoms with Crippen molar-refractivity contribution in [2.24, 2.45) is 0 Å². The number of sulfone groups is 1. The highest BCUT2D eigenvalue weighted by atomic mass is 35.5. The van der Waals surface area contributed by atoms with Gasteiger partial charge in [-0.1, -0.05) is 29.0 Å². The molecule has 1 heterocycles. The fraction of sp³-hybridized carbons (Fsp3) is 0.333. The number of likely N-dealkylation sites (N-methyl/N-ethyl adjacent to an activating group) is 1. The molecule has 0 aliphatic rings. The maximum atomic E-state index is 13.1. The average molecular weight is 466 g/mol. The highest BCUT2D eigenvalue weighted by molar-refractivity contribution is 7.92. The summed E-state index contributed by atoms with van der Waals surface area (Å²) in [5, 5.41) is 0.949. The Morgan fingerprint density at radius 1 is 1.07 bits per heavy atom. The van der Waals surface area contributed by atoms with Crippen LogP contribution in [-0.4, -0.2) is 57.1 Å². The maximum Gasteiger partial charge on any atom is 0.244 e. The summed E-state index contributed by atoms with van der Waals surface area (Å²) in [6.45, 7) is 4.94. The molecule has 1 aromatic heterocycles. The first-order chi connectivity index (χ1) is 14.1. The molecule has 3 aromatic rings. The Morgan fingerprint density at radius 3 is 2.37 bits per heavy atom. The zero-order valence-corrected chi connectivity index (χ0v) is 19.7. The molecule has 0 aliphatic heterocycles. The van der Waals surface area contributed by atoms with Crippen molar-refractivity contribution < 1.29 is 13.2 Å². The zero-order chi connectivity index (χ0) is 22.1. The molecule has 2 aromatic carbocycles. The van der Waals surface area contributed by atoms with E-state index in [9.17, 15) is 13.2 Å². The molecule has 0 bridgehead atoms. The van der Waals surface area contributed by atoms with Crippen molar-refractivity contribution >= 4 is 54.0 Å². The Hall–Kier alpha value is -2.00. The smallest absolute Gasteiger partial charge is 0.244 e.